The van der Waals surface area contributed by atoms with Gasteiger partial charge in [0.2, 0.25) is 0 Å². The molecule has 0 amide bonds. The largest absolute Gasteiger partial charge is 0.384 e. The van der Waals surface area contributed by atoms with Gasteiger partial charge in [0.25, 0.3) is 0 Å². The average molecular weight is 228 g/mol. The number of likely N-dealkylation sites (tertiary alicyclic amines) is 1. The Balaban J connectivity index is 2.02. The Labute approximate surface area is 101 Å². The fourth-order valence-corrected chi connectivity index (χ4v) is 2.54. The van der Waals surface area contributed by atoms with Crippen LogP contribution in [0.4, 0.5) is 0 Å². The fraction of sp³-hybridized carbons (Fsp3) is 1.00. The summed E-state index contributed by atoms with van der Waals surface area (Å²) in [5.74, 6) is 0.774. The van der Waals surface area contributed by atoms with Crippen molar-refractivity contribution < 1.29 is 4.74 Å². The van der Waals surface area contributed by atoms with E-state index >= 15 is 0 Å². The van der Waals surface area contributed by atoms with E-state index in [2.05, 4.69) is 10.2 Å². The van der Waals surface area contributed by atoms with Gasteiger partial charge in [-0.1, -0.05) is 6.42 Å². The number of methoxy groups -OCH3 is 1. The van der Waals surface area contributed by atoms with E-state index in [1.165, 1.54) is 51.7 Å². The smallest absolute Gasteiger partial charge is 0.0502 e. The summed E-state index contributed by atoms with van der Waals surface area (Å²) in [4.78, 5) is 2.62. The molecule has 0 aromatic carbocycles. The highest BCUT2D eigenvalue weighted by Crippen LogP contribution is 2.17. The van der Waals surface area contributed by atoms with Crippen molar-refractivity contribution in [1.29, 1.82) is 0 Å². The predicted molar refractivity (Wildman–Crippen MR) is 68.8 cm³/mol. The van der Waals surface area contributed by atoms with Gasteiger partial charge in [-0.15, -0.1) is 0 Å². The minimum atomic E-state index is 0.774. The van der Waals surface area contributed by atoms with Crippen molar-refractivity contribution >= 4 is 0 Å². The Kier molecular flexibility index (Phi) is 7.81. The monoisotopic (exact) mass is 228 g/mol. The van der Waals surface area contributed by atoms with E-state index in [0.29, 0.717) is 0 Å². The molecule has 16 heavy (non-hydrogen) atoms. The molecule has 96 valence electrons. The Morgan fingerprint density at radius 2 is 2.19 bits per heavy atom. The molecule has 0 radical (unpaired) electrons. The van der Waals surface area contributed by atoms with Gasteiger partial charge in [-0.2, -0.15) is 0 Å². The third kappa shape index (κ3) is 5.83. The SMILES string of the molecule is CNCCCCCN1CCCC(COC)C1. The Bertz CT molecular complexity index is 162. The maximum absolute atomic E-state index is 5.25. The molecule has 1 saturated heterocycles. The molecule has 1 atom stereocenters. The van der Waals surface area contributed by atoms with Gasteiger partial charge in [0, 0.05) is 13.7 Å². The highest BCUT2D eigenvalue weighted by Gasteiger charge is 2.18. The van der Waals surface area contributed by atoms with Crippen LogP contribution in [-0.4, -0.2) is 51.8 Å². The van der Waals surface area contributed by atoms with Crippen molar-refractivity contribution in [3.63, 3.8) is 0 Å². The lowest BCUT2D eigenvalue weighted by molar-refractivity contribution is 0.0898. The minimum absolute atomic E-state index is 0.774. The summed E-state index contributed by atoms with van der Waals surface area (Å²) in [5, 5.41) is 3.20. The molecular formula is C13H28N2O. The fourth-order valence-electron chi connectivity index (χ4n) is 2.54. The number of ether oxygens (including phenoxy) is 1. The van der Waals surface area contributed by atoms with Crippen molar-refractivity contribution in [2.24, 2.45) is 5.92 Å². The van der Waals surface area contributed by atoms with Gasteiger partial charge < -0.3 is 15.0 Å². The summed E-state index contributed by atoms with van der Waals surface area (Å²) >= 11 is 0. The van der Waals surface area contributed by atoms with E-state index in [4.69, 9.17) is 4.74 Å². The van der Waals surface area contributed by atoms with Crippen LogP contribution in [0.5, 0.6) is 0 Å². The lowest BCUT2D eigenvalue weighted by Crippen LogP contribution is -2.37. The molecule has 0 spiro atoms. The lowest BCUT2D eigenvalue weighted by Gasteiger charge is -2.32. The molecule has 1 heterocycles. The van der Waals surface area contributed by atoms with Gasteiger partial charge in [-0.3, -0.25) is 0 Å². The molecule has 1 aliphatic heterocycles. The maximum Gasteiger partial charge on any atom is 0.0502 e. The summed E-state index contributed by atoms with van der Waals surface area (Å²) in [6, 6.07) is 0. The molecule has 0 saturated carbocycles. The molecule has 1 rings (SSSR count). The molecule has 3 nitrogen and oxygen atoms in total. The van der Waals surface area contributed by atoms with Crippen LogP contribution >= 0.6 is 0 Å². The molecule has 1 unspecified atom stereocenters. The van der Waals surface area contributed by atoms with Gasteiger partial charge in [0.15, 0.2) is 0 Å². The van der Waals surface area contributed by atoms with Gasteiger partial charge in [0.1, 0.15) is 0 Å². The second-order valence-electron chi connectivity index (χ2n) is 4.93. The zero-order valence-corrected chi connectivity index (χ0v) is 11.0. The van der Waals surface area contributed by atoms with Gasteiger partial charge >= 0.3 is 0 Å². The molecule has 1 fully saturated rings. The number of unbranched alkanes of at least 4 members (excludes halogenated alkanes) is 2. The van der Waals surface area contributed by atoms with Crippen LogP contribution in [0.15, 0.2) is 0 Å². The third-order valence-corrected chi connectivity index (χ3v) is 3.41. The summed E-state index contributed by atoms with van der Waals surface area (Å²) < 4.78 is 5.25. The molecule has 3 heteroatoms. The first-order chi connectivity index (χ1) is 7.86. The van der Waals surface area contributed by atoms with E-state index in [0.717, 1.165) is 19.1 Å². The highest BCUT2D eigenvalue weighted by atomic mass is 16.5. The summed E-state index contributed by atoms with van der Waals surface area (Å²) in [6.45, 7) is 5.93. The normalized spacial score (nSPS) is 22.5. The second kappa shape index (κ2) is 8.97. The summed E-state index contributed by atoms with van der Waals surface area (Å²) in [6.07, 6.45) is 6.72. The van der Waals surface area contributed by atoms with Crippen LogP contribution in [-0.2, 0) is 4.74 Å². The van der Waals surface area contributed by atoms with Crippen LogP contribution in [0.1, 0.15) is 32.1 Å². The van der Waals surface area contributed by atoms with Gasteiger partial charge in [-0.25, -0.2) is 0 Å². The van der Waals surface area contributed by atoms with Crippen LogP contribution in [0.2, 0.25) is 0 Å². The highest BCUT2D eigenvalue weighted by molar-refractivity contribution is 4.72. The van der Waals surface area contributed by atoms with Crippen LogP contribution in [0, 0.1) is 5.92 Å². The molecule has 0 aromatic rings. The molecule has 0 aliphatic carbocycles. The third-order valence-electron chi connectivity index (χ3n) is 3.41. The molecule has 1 N–H and O–H groups in total. The zero-order chi connectivity index (χ0) is 11.6. The number of piperidine rings is 1. The first-order valence-corrected chi connectivity index (χ1v) is 6.72. The number of rotatable bonds is 8. The number of nitrogens with zero attached hydrogens (tertiary/aromatic N) is 1. The molecule has 0 bridgehead atoms. The van der Waals surface area contributed by atoms with E-state index in [1.807, 2.05) is 14.2 Å². The predicted octanol–water partition coefficient (Wildman–Crippen LogP) is 1.73. The quantitative estimate of drug-likeness (QED) is 0.640. The second-order valence-corrected chi connectivity index (χ2v) is 4.93. The van der Waals surface area contributed by atoms with E-state index in [-0.39, 0.29) is 0 Å². The number of hydrogen-bond donors (Lipinski definition) is 1. The van der Waals surface area contributed by atoms with E-state index in [1.54, 1.807) is 0 Å². The lowest BCUT2D eigenvalue weighted by atomic mass is 9.99. The first-order valence-electron chi connectivity index (χ1n) is 6.72. The maximum atomic E-state index is 5.25. The van der Waals surface area contributed by atoms with Crippen molar-refractivity contribution in [3.05, 3.63) is 0 Å². The van der Waals surface area contributed by atoms with Crippen LogP contribution < -0.4 is 5.32 Å². The topological polar surface area (TPSA) is 24.5 Å². The number of hydrogen-bond acceptors (Lipinski definition) is 3. The molecular weight excluding hydrogens is 200 g/mol. The minimum Gasteiger partial charge on any atom is -0.384 e. The van der Waals surface area contributed by atoms with Crippen molar-refractivity contribution in [3.8, 4) is 0 Å². The summed E-state index contributed by atoms with van der Waals surface area (Å²) in [5.41, 5.74) is 0. The average Bonchev–Trinajstić information content (AvgIpc) is 2.30. The Morgan fingerprint density at radius 1 is 1.31 bits per heavy atom. The van der Waals surface area contributed by atoms with Gasteiger partial charge in [-0.05, 0) is 58.3 Å². The van der Waals surface area contributed by atoms with Crippen molar-refractivity contribution in [2.75, 3.05) is 46.9 Å². The van der Waals surface area contributed by atoms with E-state index in [9.17, 15) is 0 Å². The standard InChI is InChI=1S/C13H28N2O/c1-14-8-4-3-5-9-15-10-6-7-13(11-15)12-16-2/h13-14H,3-12H2,1-2H3. The Morgan fingerprint density at radius 3 is 2.94 bits per heavy atom. The van der Waals surface area contributed by atoms with Crippen LogP contribution in [0.25, 0.3) is 0 Å². The van der Waals surface area contributed by atoms with Crippen LogP contribution in [0.3, 0.4) is 0 Å². The zero-order valence-electron chi connectivity index (χ0n) is 11.0. The van der Waals surface area contributed by atoms with Crippen molar-refractivity contribution in [1.82, 2.24) is 10.2 Å². The van der Waals surface area contributed by atoms with E-state index < -0.39 is 0 Å². The van der Waals surface area contributed by atoms with Crippen molar-refractivity contribution in [2.45, 2.75) is 32.1 Å². The molecule has 0 aromatic heterocycles. The Hall–Kier alpha value is -0.120. The van der Waals surface area contributed by atoms with Gasteiger partial charge in [0.05, 0.1) is 6.61 Å². The first kappa shape index (κ1) is 13.9. The molecule has 1 aliphatic rings. The summed E-state index contributed by atoms with van der Waals surface area (Å²) in [7, 11) is 3.84. The number of nitrogens with one attached hydrogen (secondary N) is 1.